The summed E-state index contributed by atoms with van der Waals surface area (Å²) < 4.78 is 1.62. The highest BCUT2D eigenvalue weighted by Crippen LogP contribution is 2.09. The van der Waals surface area contributed by atoms with Crippen LogP contribution in [-0.4, -0.2) is 20.5 Å². The lowest BCUT2D eigenvalue weighted by molar-refractivity contribution is -0.118. The van der Waals surface area contributed by atoms with Crippen LogP contribution in [0.25, 0.3) is 0 Å². The summed E-state index contributed by atoms with van der Waals surface area (Å²) in [7, 11) is 1.79. The molecule has 1 heterocycles. The lowest BCUT2D eigenvalue weighted by Crippen LogP contribution is -2.09. The molecule has 0 amide bonds. The molecule has 0 atom stereocenters. The number of Topliss-reactive ketones (excluding diaryl/α,β-unsaturated/α-hetero) is 1. The molecule has 2 rings (SSSR count). The quantitative estimate of drug-likeness (QED) is 0.800. The third-order valence-corrected chi connectivity index (χ3v) is 2.80. The van der Waals surface area contributed by atoms with Crippen LogP contribution in [0.3, 0.4) is 0 Å². The van der Waals surface area contributed by atoms with E-state index in [2.05, 4.69) is 10.1 Å². The number of aromatic nitrogens is 3. The number of nitrogen functional groups attached to an aromatic ring is 1. The zero-order chi connectivity index (χ0) is 13.0. The van der Waals surface area contributed by atoms with Crippen molar-refractivity contribution in [2.45, 2.75) is 19.3 Å². The first-order chi connectivity index (χ1) is 8.65. The third kappa shape index (κ3) is 3.16. The van der Waals surface area contributed by atoms with E-state index >= 15 is 0 Å². The molecule has 1 aromatic carbocycles. The minimum absolute atomic E-state index is 0.161. The lowest BCUT2D eigenvalue weighted by Gasteiger charge is -2.02. The highest BCUT2D eigenvalue weighted by atomic mass is 16.1. The highest BCUT2D eigenvalue weighted by molar-refractivity contribution is 5.80. The summed E-state index contributed by atoms with van der Waals surface area (Å²) in [5.41, 5.74) is 7.50. The molecule has 5 nitrogen and oxygen atoms in total. The van der Waals surface area contributed by atoms with Gasteiger partial charge in [0.2, 0.25) is 0 Å². The van der Waals surface area contributed by atoms with Crippen LogP contribution >= 0.6 is 0 Å². The van der Waals surface area contributed by atoms with Gasteiger partial charge in [0, 0.05) is 19.2 Å². The number of rotatable bonds is 5. The Morgan fingerprint density at radius 3 is 2.94 bits per heavy atom. The Morgan fingerprint density at radius 1 is 1.44 bits per heavy atom. The van der Waals surface area contributed by atoms with Crippen molar-refractivity contribution < 1.29 is 4.79 Å². The molecule has 0 bridgehead atoms. The van der Waals surface area contributed by atoms with Crippen LogP contribution in [0, 0.1) is 0 Å². The Balaban J connectivity index is 1.87. The fourth-order valence-corrected chi connectivity index (χ4v) is 1.78. The van der Waals surface area contributed by atoms with Crippen molar-refractivity contribution >= 4 is 11.5 Å². The summed E-state index contributed by atoms with van der Waals surface area (Å²) in [5.74, 6) is 0.862. The SMILES string of the molecule is Cn1ncnc1CC(=O)CCc1cccc(N)c1. The molecule has 0 unspecified atom stereocenters. The van der Waals surface area contributed by atoms with Gasteiger partial charge in [0.1, 0.15) is 17.9 Å². The molecule has 0 saturated carbocycles. The van der Waals surface area contributed by atoms with E-state index < -0.39 is 0 Å². The smallest absolute Gasteiger partial charge is 0.140 e. The molecule has 18 heavy (non-hydrogen) atoms. The van der Waals surface area contributed by atoms with E-state index in [1.165, 1.54) is 6.33 Å². The van der Waals surface area contributed by atoms with E-state index in [1.807, 2.05) is 24.3 Å². The number of carbonyl (C=O) groups excluding carboxylic acids is 1. The number of hydrogen-bond donors (Lipinski definition) is 1. The van der Waals surface area contributed by atoms with Crippen LogP contribution < -0.4 is 5.73 Å². The van der Waals surface area contributed by atoms with Crippen LogP contribution in [0.1, 0.15) is 17.8 Å². The van der Waals surface area contributed by atoms with Crippen LogP contribution in [0.4, 0.5) is 5.69 Å². The molecule has 0 fully saturated rings. The van der Waals surface area contributed by atoms with Gasteiger partial charge in [-0.3, -0.25) is 9.48 Å². The van der Waals surface area contributed by atoms with Gasteiger partial charge in [0.05, 0.1) is 6.42 Å². The maximum atomic E-state index is 11.8. The molecular formula is C13H16N4O. The largest absolute Gasteiger partial charge is 0.399 e. The van der Waals surface area contributed by atoms with Crippen molar-refractivity contribution in [1.29, 1.82) is 0 Å². The summed E-state index contributed by atoms with van der Waals surface area (Å²) in [5, 5.41) is 3.94. The van der Waals surface area contributed by atoms with E-state index in [9.17, 15) is 4.79 Å². The Bertz CT molecular complexity index is 547. The third-order valence-electron chi connectivity index (χ3n) is 2.80. The van der Waals surface area contributed by atoms with Crippen molar-refractivity contribution in [3.8, 4) is 0 Å². The van der Waals surface area contributed by atoms with Gasteiger partial charge in [-0.15, -0.1) is 0 Å². The maximum absolute atomic E-state index is 11.8. The van der Waals surface area contributed by atoms with E-state index in [-0.39, 0.29) is 5.78 Å². The molecule has 0 saturated heterocycles. The lowest BCUT2D eigenvalue weighted by atomic mass is 10.1. The van der Waals surface area contributed by atoms with Crippen LogP contribution in [0.2, 0.25) is 0 Å². The number of anilines is 1. The Kier molecular flexibility index (Phi) is 3.72. The predicted molar refractivity (Wildman–Crippen MR) is 68.9 cm³/mol. The van der Waals surface area contributed by atoms with Gasteiger partial charge in [-0.2, -0.15) is 5.10 Å². The highest BCUT2D eigenvalue weighted by Gasteiger charge is 2.08. The van der Waals surface area contributed by atoms with Gasteiger partial charge >= 0.3 is 0 Å². The van der Waals surface area contributed by atoms with Crippen molar-refractivity contribution in [1.82, 2.24) is 14.8 Å². The number of hydrogen-bond acceptors (Lipinski definition) is 4. The van der Waals surface area contributed by atoms with Crippen molar-refractivity contribution in [2.24, 2.45) is 7.05 Å². The van der Waals surface area contributed by atoms with Gasteiger partial charge in [-0.25, -0.2) is 4.98 Å². The van der Waals surface area contributed by atoms with E-state index in [1.54, 1.807) is 11.7 Å². The number of carbonyl (C=O) groups is 1. The molecule has 5 heteroatoms. The molecule has 0 aliphatic rings. The van der Waals surface area contributed by atoms with Crippen LogP contribution in [0.5, 0.6) is 0 Å². The molecule has 1 aromatic heterocycles. The summed E-state index contributed by atoms with van der Waals surface area (Å²) in [6.45, 7) is 0. The fourth-order valence-electron chi connectivity index (χ4n) is 1.78. The molecule has 0 aliphatic heterocycles. The molecule has 0 radical (unpaired) electrons. The molecule has 94 valence electrons. The van der Waals surface area contributed by atoms with Crippen LogP contribution in [0.15, 0.2) is 30.6 Å². The Hall–Kier alpha value is -2.17. The first kappa shape index (κ1) is 12.3. The van der Waals surface area contributed by atoms with Gasteiger partial charge in [0.15, 0.2) is 0 Å². The normalized spacial score (nSPS) is 10.5. The Labute approximate surface area is 106 Å². The molecule has 0 aliphatic carbocycles. The molecule has 2 aromatic rings. The minimum Gasteiger partial charge on any atom is -0.399 e. The topological polar surface area (TPSA) is 73.8 Å². The molecular weight excluding hydrogens is 228 g/mol. The molecule has 0 spiro atoms. The second-order valence-corrected chi connectivity index (χ2v) is 4.26. The summed E-state index contributed by atoms with van der Waals surface area (Å²) in [6, 6.07) is 7.62. The summed E-state index contributed by atoms with van der Waals surface area (Å²) in [4.78, 5) is 15.8. The zero-order valence-electron chi connectivity index (χ0n) is 10.3. The average molecular weight is 244 g/mol. The van der Waals surface area contributed by atoms with E-state index in [4.69, 9.17) is 5.73 Å². The fraction of sp³-hybridized carbons (Fsp3) is 0.308. The van der Waals surface area contributed by atoms with Crippen LogP contribution in [-0.2, 0) is 24.7 Å². The maximum Gasteiger partial charge on any atom is 0.140 e. The summed E-state index contributed by atoms with van der Waals surface area (Å²) >= 11 is 0. The standard InChI is InChI=1S/C13H16N4O/c1-17-13(15-9-16-17)8-12(18)6-5-10-3-2-4-11(14)7-10/h2-4,7,9H,5-6,8,14H2,1H3. The van der Waals surface area contributed by atoms with E-state index in [0.29, 0.717) is 25.1 Å². The van der Waals surface area contributed by atoms with Crippen molar-refractivity contribution in [3.05, 3.63) is 42.0 Å². The van der Waals surface area contributed by atoms with Gasteiger partial charge < -0.3 is 5.73 Å². The van der Waals surface area contributed by atoms with Crippen molar-refractivity contribution in [3.63, 3.8) is 0 Å². The molecule has 2 N–H and O–H groups in total. The number of aryl methyl sites for hydroxylation is 2. The minimum atomic E-state index is 0.161. The summed E-state index contributed by atoms with van der Waals surface area (Å²) in [6.07, 6.45) is 3.00. The Morgan fingerprint density at radius 2 is 2.28 bits per heavy atom. The zero-order valence-corrected chi connectivity index (χ0v) is 10.3. The second kappa shape index (κ2) is 5.44. The van der Waals surface area contributed by atoms with Crippen molar-refractivity contribution in [2.75, 3.05) is 5.73 Å². The van der Waals surface area contributed by atoms with Gasteiger partial charge in [0.25, 0.3) is 0 Å². The van der Waals surface area contributed by atoms with Gasteiger partial charge in [-0.05, 0) is 24.1 Å². The predicted octanol–water partition coefficient (Wildman–Crippen LogP) is 1.14. The number of nitrogens with two attached hydrogens (primary N) is 1. The first-order valence-corrected chi connectivity index (χ1v) is 5.84. The number of nitrogens with zero attached hydrogens (tertiary/aromatic N) is 3. The second-order valence-electron chi connectivity index (χ2n) is 4.26. The average Bonchev–Trinajstić information content (AvgIpc) is 2.73. The number of ketones is 1. The first-order valence-electron chi connectivity index (χ1n) is 5.84. The monoisotopic (exact) mass is 244 g/mol. The van der Waals surface area contributed by atoms with Gasteiger partial charge in [-0.1, -0.05) is 12.1 Å². The number of benzene rings is 1. The van der Waals surface area contributed by atoms with E-state index in [0.717, 1.165) is 11.3 Å².